The van der Waals surface area contributed by atoms with Gasteiger partial charge in [0.15, 0.2) is 0 Å². The second kappa shape index (κ2) is 4.80. The third-order valence-electron chi connectivity index (χ3n) is 2.60. The van der Waals surface area contributed by atoms with Gasteiger partial charge in [0.1, 0.15) is 5.75 Å². The Balaban J connectivity index is 2.36. The van der Waals surface area contributed by atoms with E-state index in [4.69, 9.17) is 16.3 Å². The zero-order valence-corrected chi connectivity index (χ0v) is 11.0. The number of benzene rings is 1. The summed E-state index contributed by atoms with van der Waals surface area (Å²) in [5.74, 6) is 0.865. The normalized spacial score (nSPS) is 10.6. The summed E-state index contributed by atoms with van der Waals surface area (Å²) in [6, 6.07) is 7.81. The number of aromatic nitrogens is 2. The Morgan fingerprint density at radius 1 is 1.24 bits per heavy atom. The molecule has 0 bridgehead atoms. The highest BCUT2D eigenvalue weighted by atomic mass is 35.5. The Kier molecular flexibility index (Phi) is 3.38. The summed E-state index contributed by atoms with van der Waals surface area (Å²) in [6.07, 6.45) is 0. The number of hydrogen-bond donors (Lipinski definition) is 0. The molecule has 4 heteroatoms. The van der Waals surface area contributed by atoms with Gasteiger partial charge in [0, 0.05) is 0 Å². The van der Waals surface area contributed by atoms with Gasteiger partial charge in [-0.25, -0.2) is 4.68 Å². The molecule has 0 saturated carbocycles. The predicted molar refractivity (Wildman–Crippen MR) is 69.2 cm³/mol. The third-order valence-corrected chi connectivity index (χ3v) is 3.14. The number of ether oxygens (including phenoxy) is 1. The van der Waals surface area contributed by atoms with Crippen LogP contribution in [0.25, 0.3) is 5.69 Å². The maximum atomic E-state index is 6.12. The molecule has 3 nitrogen and oxygen atoms in total. The molecular formula is C13H15ClN2O. The molecule has 0 spiro atoms. The first kappa shape index (κ1) is 12.0. The summed E-state index contributed by atoms with van der Waals surface area (Å²) in [7, 11) is 0. The summed E-state index contributed by atoms with van der Waals surface area (Å²) in [5.41, 5.74) is 2.78. The van der Waals surface area contributed by atoms with Gasteiger partial charge in [-0.1, -0.05) is 11.6 Å². The molecule has 0 amide bonds. The molecule has 1 aromatic carbocycles. The lowest BCUT2D eigenvalue weighted by molar-refractivity contribution is 0.340. The van der Waals surface area contributed by atoms with Gasteiger partial charge in [-0.2, -0.15) is 5.10 Å². The molecular weight excluding hydrogens is 236 g/mol. The van der Waals surface area contributed by atoms with Crippen molar-refractivity contribution in [1.29, 1.82) is 0 Å². The van der Waals surface area contributed by atoms with Crippen LogP contribution in [0.15, 0.2) is 24.3 Å². The van der Waals surface area contributed by atoms with Gasteiger partial charge in [-0.15, -0.1) is 0 Å². The van der Waals surface area contributed by atoms with E-state index >= 15 is 0 Å². The molecule has 0 fully saturated rings. The van der Waals surface area contributed by atoms with Crippen LogP contribution in [0.3, 0.4) is 0 Å². The van der Waals surface area contributed by atoms with Crippen LogP contribution in [-0.4, -0.2) is 16.4 Å². The number of hydrogen-bond acceptors (Lipinski definition) is 2. The van der Waals surface area contributed by atoms with Crippen molar-refractivity contribution in [3.63, 3.8) is 0 Å². The highest BCUT2D eigenvalue weighted by Gasteiger charge is 2.10. The van der Waals surface area contributed by atoms with E-state index in [0.29, 0.717) is 6.61 Å². The minimum atomic E-state index is 0.672. The van der Waals surface area contributed by atoms with Crippen molar-refractivity contribution < 1.29 is 4.74 Å². The Bertz CT molecular complexity index is 517. The van der Waals surface area contributed by atoms with Crippen LogP contribution in [0, 0.1) is 13.8 Å². The summed E-state index contributed by atoms with van der Waals surface area (Å²) >= 11 is 6.12. The molecule has 17 heavy (non-hydrogen) atoms. The molecule has 1 aromatic heterocycles. The largest absolute Gasteiger partial charge is 0.494 e. The second-order valence-corrected chi connectivity index (χ2v) is 4.20. The van der Waals surface area contributed by atoms with E-state index in [1.54, 1.807) is 0 Å². The number of rotatable bonds is 3. The topological polar surface area (TPSA) is 27.1 Å². The van der Waals surface area contributed by atoms with Crippen LogP contribution in [0.4, 0.5) is 0 Å². The Morgan fingerprint density at radius 3 is 2.35 bits per heavy atom. The average Bonchev–Trinajstić information content (AvgIpc) is 2.59. The van der Waals surface area contributed by atoms with Gasteiger partial charge in [0.05, 0.1) is 28.7 Å². The van der Waals surface area contributed by atoms with Crippen LogP contribution in [0.5, 0.6) is 5.75 Å². The van der Waals surface area contributed by atoms with Crippen molar-refractivity contribution in [2.45, 2.75) is 20.8 Å². The van der Waals surface area contributed by atoms with Crippen molar-refractivity contribution in [3.05, 3.63) is 40.7 Å². The third kappa shape index (κ3) is 2.29. The molecule has 0 N–H and O–H groups in total. The van der Waals surface area contributed by atoms with Crippen molar-refractivity contribution in [1.82, 2.24) is 9.78 Å². The first-order valence-corrected chi connectivity index (χ1v) is 5.96. The molecule has 2 aromatic rings. The highest BCUT2D eigenvalue weighted by Crippen LogP contribution is 2.23. The second-order valence-electron chi connectivity index (χ2n) is 3.82. The summed E-state index contributed by atoms with van der Waals surface area (Å²) in [5, 5.41) is 5.12. The number of halogens is 1. The SMILES string of the molecule is CCOc1ccc(-n2nc(C)c(Cl)c2C)cc1. The van der Waals surface area contributed by atoms with Crippen LogP contribution in [0.2, 0.25) is 5.02 Å². The standard InChI is InChI=1S/C13H15ClN2O/c1-4-17-12-7-5-11(6-8-12)16-10(3)13(14)9(2)15-16/h5-8H,4H2,1-3H3. The van der Waals surface area contributed by atoms with Crippen molar-refractivity contribution in [3.8, 4) is 11.4 Å². The number of nitrogens with zero attached hydrogens (tertiary/aromatic N) is 2. The van der Waals surface area contributed by atoms with Crippen LogP contribution < -0.4 is 4.74 Å². The molecule has 90 valence electrons. The van der Waals surface area contributed by atoms with Gasteiger partial charge in [-0.05, 0) is 45.0 Å². The van der Waals surface area contributed by atoms with E-state index in [9.17, 15) is 0 Å². The van der Waals surface area contributed by atoms with Crippen LogP contribution in [-0.2, 0) is 0 Å². The minimum Gasteiger partial charge on any atom is -0.494 e. The van der Waals surface area contributed by atoms with Gasteiger partial charge in [-0.3, -0.25) is 0 Å². The minimum absolute atomic E-state index is 0.672. The smallest absolute Gasteiger partial charge is 0.119 e. The lowest BCUT2D eigenvalue weighted by Gasteiger charge is -2.06. The van der Waals surface area contributed by atoms with Gasteiger partial charge in [0.25, 0.3) is 0 Å². The molecule has 0 aliphatic heterocycles. The molecule has 1 heterocycles. The molecule has 0 atom stereocenters. The fourth-order valence-electron chi connectivity index (χ4n) is 1.73. The molecule has 0 saturated heterocycles. The van der Waals surface area contributed by atoms with Gasteiger partial charge < -0.3 is 4.74 Å². The zero-order valence-electron chi connectivity index (χ0n) is 10.2. The molecule has 0 radical (unpaired) electrons. The van der Waals surface area contributed by atoms with E-state index in [0.717, 1.165) is 27.8 Å². The van der Waals surface area contributed by atoms with Gasteiger partial charge >= 0.3 is 0 Å². The lowest BCUT2D eigenvalue weighted by atomic mass is 10.3. The Labute approximate surface area is 106 Å². The lowest BCUT2D eigenvalue weighted by Crippen LogP contribution is -1.99. The van der Waals surface area contributed by atoms with E-state index in [-0.39, 0.29) is 0 Å². The first-order chi connectivity index (χ1) is 8.13. The monoisotopic (exact) mass is 250 g/mol. The molecule has 0 unspecified atom stereocenters. The van der Waals surface area contributed by atoms with Crippen molar-refractivity contribution in [2.75, 3.05) is 6.61 Å². The Morgan fingerprint density at radius 2 is 1.88 bits per heavy atom. The fraction of sp³-hybridized carbons (Fsp3) is 0.308. The van der Waals surface area contributed by atoms with E-state index in [1.165, 1.54) is 0 Å². The quantitative estimate of drug-likeness (QED) is 0.833. The fourth-order valence-corrected chi connectivity index (χ4v) is 1.84. The van der Waals surface area contributed by atoms with E-state index in [1.807, 2.05) is 49.7 Å². The summed E-state index contributed by atoms with van der Waals surface area (Å²) < 4.78 is 7.24. The summed E-state index contributed by atoms with van der Waals surface area (Å²) in [6.45, 7) is 6.50. The van der Waals surface area contributed by atoms with Crippen molar-refractivity contribution >= 4 is 11.6 Å². The maximum Gasteiger partial charge on any atom is 0.119 e. The van der Waals surface area contributed by atoms with Crippen LogP contribution in [0.1, 0.15) is 18.3 Å². The van der Waals surface area contributed by atoms with Gasteiger partial charge in [0.2, 0.25) is 0 Å². The zero-order chi connectivity index (χ0) is 12.4. The first-order valence-electron chi connectivity index (χ1n) is 5.58. The number of aryl methyl sites for hydroxylation is 1. The van der Waals surface area contributed by atoms with E-state index < -0.39 is 0 Å². The molecule has 0 aliphatic carbocycles. The van der Waals surface area contributed by atoms with E-state index in [2.05, 4.69) is 5.10 Å². The molecule has 0 aliphatic rings. The average molecular weight is 251 g/mol. The Hall–Kier alpha value is -1.48. The predicted octanol–water partition coefficient (Wildman–Crippen LogP) is 3.54. The molecule has 2 rings (SSSR count). The van der Waals surface area contributed by atoms with Crippen LogP contribution >= 0.6 is 11.6 Å². The van der Waals surface area contributed by atoms with Crippen molar-refractivity contribution in [2.24, 2.45) is 0 Å². The maximum absolute atomic E-state index is 6.12. The highest BCUT2D eigenvalue weighted by molar-refractivity contribution is 6.31. The summed E-state index contributed by atoms with van der Waals surface area (Å²) in [4.78, 5) is 0.